The quantitative estimate of drug-likeness (QED) is 0.200. The molecule has 1 heterocycles. The first-order valence-corrected chi connectivity index (χ1v) is 16.2. The van der Waals surface area contributed by atoms with E-state index < -0.39 is 39.2 Å². The number of hydrogen-bond acceptors (Lipinski definition) is 6. The van der Waals surface area contributed by atoms with Gasteiger partial charge in [-0.05, 0) is 67.3 Å². The number of hydrogen-bond donors (Lipinski definition) is 3. The van der Waals surface area contributed by atoms with Crippen molar-refractivity contribution in [2.45, 2.75) is 45.2 Å². The molecule has 10 nitrogen and oxygen atoms in total. The Morgan fingerprint density at radius 3 is 2.16 bits per heavy atom. The lowest BCUT2D eigenvalue weighted by Gasteiger charge is -2.38. The molecule has 3 aromatic carbocycles. The molecule has 4 rings (SSSR count). The van der Waals surface area contributed by atoms with Crippen LogP contribution in [0.1, 0.15) is 48.5 Å². The zero-order valence-electron chi connectivity index (χ0n) is 25.0. The fourth-order valence-corrected chi connectivity index (χ4v) is 5.59. The summed E-state index contributed by atoms with van der Waals surface area (Å²) in [6.45, 7) is 4.64. The highest BCUT2D eigenvalue weighted by Crippen LogP contribution is 2.26. The minimum atomic E-state index is -3.35. The van der Waals surface area contributed by atoms with E-state index in [4.69, 9.17) is 4.74 Å². The van der Waals surface area contributed by atoms with Gasteiger partial charge in [0.2, 0.25) is 10.0 Å². The summed E-state index contributed by atoms with van der Waals surface area (Å²) in [5, 5.41) is 11.6. The van der Waals surface area contributed by atoms with Gasteiger partial charge in [-0.3, -0.25) is 9.62 Å². The molecule has 0 radical (unpaired) electrons. The number of halogens is 3. The van der Waals surface area contributed by atoms with Gasteiger partial charge in [-0.15, -0.1) is 12.4 Å². The maximum atomic E-state index is 14.4. The number of aromatic carboxylic acids is 1. The molecule has 0 saturated carbocycles. The Bertz CT molecular complexity index is 1570. The number of carboxylic acid groups (broad SMARTS) is 1. The largest absolute Gasteiger partial charge is 0.478 e. The van der Waals surface area contributed by atoms with Gasteiger partial charge in [0, 0.05) is 44.0 Å². The zero-order valence-corrected chi connectivity index (χ0v) is 26.6. The highest BCUT2D eigenvalue weighted by atomic mass is 35.5. The van der Waals surface area contributed by atoms with E-state index in [-0.39, 0.29) is 24.1 Å². The molecular formula is C31H37ClF2N4O6S. The van der Waals surface area contributed by atoms with Crippen LogP contribution in [-0.4, -0.2) is 67.3 Å². The molecule has 1 saturated heterocycles. The van der Waals surface area contributed by atoms with Gasteiger partial charge in [-0.2, -0.15) is 0 Å². The first kappa shape index (κ1) is 35.5. The molecule has 0 bridgehead atoms. The Hall–Kier alpha value is -3.94. The number of urea groups is 1. The molecule has 3 N–H and O–H groups in total. The minimum absolute atomic E-state index is 0. The van der Waals surface area contributed by atoms with Crippen LogP contribution in [0.15, 0.2) is 60.7 Å². The van der Waals surface area contributed by atoms with Crippen LogP contribution in [0.25, 0.3) is 0 Å². The van der Waals surface area contributed by atoms with E-state index in [2.05, 4.69) is 14.9 Å². The Labute approximate surface area is 267 Å². The number of carbonyl (C=O) groups is 2. The first-order chi connectivity index (χ1) is 20.9. The lowest BCUT2D eigenvalue weighted by atomic mass is 10.0. The van der Waals surface area contributed by atoms with E-state index in [1.807, 2.05) is 31.2 Å². The van der Waals surface area contributed by atoms with Gasteiger partial charge in [0.15, 0.2) is 0 Å². The summed E-state index contributed by atoms with van der Waals surface area (Å²) in [5.41, 5.74) is 0.447. The molecule has 0 atom stereocenters. The smallest absolute Gasteiger partial charge is 0.338 e. The lowest BCUT2D eigenvalue weighted by molar-refractivity contribution is 0.0691. The summed E-state index contributed by atoms with van der Waals surface area (Å²) in [6.07, 6.45) is 4.09. The number of benzene rings is 3. The molecule has 1 aliphatic heterocycles. The van der Waals surface area contributed by atoms with Crippen molar-refractivity contribution in [3.05, 3.63) is 83.4 Å². The second-order valence-corrected chi connectivity index (χ2v) is 12.5. The van der Waals surface area contributed by atoms with Crippen molar-refractivity contribution in [3.63, 3.8) is 0 Å². The number of rotatable bonds is 12. The molecule has 1 aliphatic rings. The molecule has 3 aromatic rings. The number of piperidine rings is 1. The van der Waals surface area contributed by atoms with Crippen LogP contribution in [0.3, 0.4) is 0 Å². The number of likely N-dealkylation sites (tertiary alicyclic amines) is 1. The van der Waals surface area contributed by atoms with Crippen molar-refractivity contribution in [3.8, 4) is 11.5 Å². The number of carboxylic acids is 1. The van der Waals surface area contributed by atoms with Crippen molar-refractivity contribution in [1.82, 2.24) is 9.80 Å². The van der Waals surface area contributed by atoms with Gasteiger partial charge < -0.3 is 20.1 Å². The van der Waals surface area contributed by atoms with Crippen molar-refractivity contribution in [2.24, 2.45) is 0 Å². The fourth-order valence-electron chi connectivity index (χ4n) is 5.03. The highest BCUT2D eigenvalue weighted by Gasteiger charge is 2.28. The molecule has 0 spiro atoms. The molecule has 0 aromatic heterocycles. The van der Waals surface area contributed by atoms with Crippen molar-refractivity contribution in [1.29, 1.82) is 0 Å². The van der Waals surface area contributed by atoms with E-state index in [0.717, 1.165) is 43.8 Å². The number of ether oxygens (including phenoxy) is 1. The number of carbonyl (C=O) groups excluding carboxylic acids is 1. The molecule has 0 aliphatic carbocycles. The fraction of sp³-hybridized carbons (Fsp3) is 0.355. The Kier molecular flexibility index (Phi) is 12.5. The van der Waals surface area contributed by atoms with Crippen LogP contribution in [0.5, 0.6) is 11.5 Å². The summed E-state index contributed by atoms with van der Waals surface area (Å²) in [7, 11) is -3.35. The summed E-state index contributed by atoms with van der Waals surface area (Å²) >= 11 is 0. The van der Waals surface area contributed by atoms with Crippen LogP contribution in [0.4, 0.5) is 25.0 Å². The number of amides is 2. The van der Waals surface area contributed by atoms with E-state index in [0.29, 0.717) is 49.2 Å². The molecule has 1 fully saturated rings. The van der Waals surface area contributed by atoms with Gasteiger partial charge in [-0.1, -0.05) is 25.5 Å². The van der Waals surface area contributed by atoms with Gasteiger partial charge >= 0.3 is 12.0 Å². The predicted octanol–water partition coefficient (Wildman–Crippen LogP) is 6.55. The third-order valence-corrected chi connectivity index (χ3v) is 7.87. The predicted molar refractivity (Wildman–Crippen MR) is 171 cm³/mol. The zero-order chi connectivity index (χ0) is 31.9. The summed E-state index contributed by atoms with van der Waals surface area (Å²) in [5.74, 6) is -2.59. The Morgan fingerprint density at radius 2 is 1.60 bits per heavy atom. The number of sulfonamides is 1. The van der Waals surface area contributed by atoms with Gasteiger partial charge in [-0.25, -0.2) is 26.8 Å². The highest BCUT2D eigenvalue weighted by molar-refractivity contribution is 7.92. The van der Waals surface area contributed by atoms with Crippen LogP contribution in [0.2, 0.25) is 0 Å². The molecule has 14 heteroatoms. The topological polar surface area (TPSA) is 128 Å². The normalized spacial score (nSPS) is 13.9. The van der Waals surface area contributed by atoms with Crippen molar-refractivity contribution < 1.29 is 36.6 Å². The van der Waals surface area contributed by atoms with Gasteiger partial charge in [0.25, 0.3) is 0 Å². The summed E-state index contributed by atoms with van der Waals surface area (Å²) < 4.78 is 59.2. The van der Waals surface area contributed by atoms with Crippen LogP contribution >= 0.6 is 12.4 Å². The van der Waals surface area contributed by atoms with Crippen LogP contribution in [0, 0.1) is 11.6 Å². The number of nitrogens with one attached hydrogen (secondary N) is 2. The Balaban J connectivity index is 0.00000552. The van der Waals surface area contributed by atoms with E-state index in [9.17, 15) is 31.9 Å². The third-order valence-electron chi connectivity index (χ3n) is 7.26. The molecule has 0 unspecified atom stereocenters. The Morgan fingerprint density at radius 1 is 1.00 bits per heavy atom. The number of nitrogens with zero attached hydrogens (tertiary/aromatic N) is 2. The van der Waals surface area contributed by atoms with Gasteiger partial charge in [0.1, 0.15) is 23.1 Å². The second kappa shape index (κ2) is 15.9. The van der Waals surface area contributed by atoms with E-state index in [1.54, 1.807) is 29.2 Å². The standard InChI is InChI=1S/C31H36F2N4O6S.ClH/c1-3-4-15-37(31(40)34-29-18-26(30(38)39)27(32)19-28(29)33)23-13-16-36(17-14-23)20-21-5-9-24(10-6-21)43-25-11-7-22(8-12-25)35-44(2,41)42;/h5-12,18-19,23,35H,3-4,13-17,20H2,1-2H3,(H,34,40)(H,38,39);1H. The van der Waals surface area contributed by atoms with Crippen LogP contribution < -0.4 is 14.8 Å². The van der Waals surface area contributed by atoms with Crippen LogP contribution in [-0.2, 0) is 16.6 Å². The minimum Gasteiger partial charge on any atom is -0.478 e. The molecule has 2 amide bonds. The molecule has 244 valence electrons. The number of anilines is 2. The lowest BCUT2D eigenvalue weighted by Crippen LogP contribution is -2.49. The maximum Gasteiger partial charge on any atom is 0.338 e. The third kappa shape index (κ3) is 10.3. The monoisotopic (exact) mass is 666 g/mol. The summed E-state index contributed by atoms with van der Waals surface area (Å²) in [6, 6.07) is 14.9. The van der Waals surface area contributed by atoms with Crippen molar-refractivity contribution >= 4 is 45.8 Å². The van der Waals surface area contributed by atoms with E-state index >= 15 is 0 Å². The number of unbranched alkanes of at least 4 members (excludes halogenated alkanes) is 1. The van der Waals surface area contributed by atoms with Crippen molar-refractivity contribution in [2.75, 3.05) is 35.9 Å². The first-order valence-electron chi connectivity index (χ1n) is 14.3. The second-order valence-electron chi connectivity index (χ2n) is 10.7. The van der Waals surface area contributed by atoms with E-state index in [1.165, 1.54) is 0 Å². The van der Waals surface area contributed by atoms with Gasteiger partial charge in [0.05, 0.1) is 17.5 Å². The molecular weight excluding hydrogens is 630 g/mol. The molecule has 45 heavy (non-hydrogen) atoms. The maximum absolute atomic E-state index is 14.4. The average molecular weight is 667 g/mol. The summed E-state index contributed by atoms with van der Waals surface area (Å²) in [4.78, 5) is 28.4. The SMILES string of the molecule is CCCCN(C(=O)Nc1cc(C(=O)O)c(F)cc1F)C1CCN(Cc2ccc(Oc3ccc(NS(C)(=O)=O)cc3)cc2)CC1.Cl. The average Bonchev–Trinajstić information content (AvgIpc) is 2.96.